The zero-order valence-corrected chi connectivity index (χ0v) is 19.2. The minimum atomic E-state index is -0.892. The Bertz CT molecular complexity index is 1220. The van der Waals surface area contributed by atoms with Crippen LogP contribution in [0.3, 0.4) is 0 Å². The number of nitrogen functional groups attached to an aromatic ring is 1. The molecule has 0 atom stereocenters. The number of primary amides is 1. The number of amides is 3. The van der Waals surface area contributed by atoms with Crippen molar-refractivity contribution in [3.05, 3.63) is 63.5 Å². The third-order valence-electron chi connectivity index (χ3n) is 4.55. The summed E-state index contributed by atoms with van der Waals surface area (Å²) in [5, 5.41) is 9.87. The molecule has 0 saturated heterocycles. The molecule has 0 aliphatic heterocycles. The molecule has 0 fully saturated rings. The normalized spacial score (nSPS) is 10.8. The van der Waals surface area contributed by atoms with E-state index in [1.807, 2.05) is 0 Å². The number of nitrogens with two attached hydrogens (primary N) is 2. The number of rotatable bonds is 7. The van der Waals surface area contributed by atoms with Crippen LogP contribution in [0.15, 0.2) is 36.5 Å². The predicted octanol–water partition coefficient (Wildman–Crippen LogP) is 3.28. The number of hydrogen-bond donors (Lipinski definition) is 4. The van der Waals surface area contributed by atoms with Gasteiger partial charge in [-0.2, -0.15) is 5.10 Å². The number of benzene rings is 1. The quantitative estimate of drug-likeness (QED) is 0.372. The van der Waals surface area contributed by atoms with Crippen LogP contribution in [0.5, 0.6) is 0 Å². The summed E-state index contributed by atoms with van der Waals surface area (Å²) >= 11 is 12.0. The first-order valence-electron chi connectivity index (χ1n) is 9.75. The lowest BCUT2D eigenvalue weighted by Gasteiger charge is -2.10. The van der Waals surface area contributed by atoms with Gasteiger partial charge in [-0.25, -0.2) is 9.67 Å². The Kier molecular flexibility index (Phi) is 7.19. The summed E-state index contributed by atoms with van der Waals surface area (Å²) in [4.78, 5) is 41.1. The van der Waals surface area contributed by atoms with E-state index in [2.05, 4.69) is 20.7 Å². The molecule has 33 heavy (non-hydrogen) atoms. The summed E-state index contributed by atoms with van der Waals surface area (Å²) in [5.41, 5.74) is 12.1. The number of pyridine rings is 1. The Labute approximate surface area is 199 Å². The van der Waals surface area contributed by atoms with Crippen molar-refractivity contribution in [1.82, 2.24) is 14.8 Å². The standard InChI is InChI=1S/C21H21Cl2N7O3/c1-10(2)30-19(24)16(20(25)32)17(29-30)21(33)28-14-8-13(9-26-18(14)23)27-15(31)7-11-3-5-12(22)6-4-11/h3-6,8-10H,7,24H2,1-2H3,(H2,25,32)(H,27,31)(H,28,33). The molecule has 0 unspecified atom stereocenters. The van der Waals surface area contributed by atoms with Crippen LogP contribution >= 0.6 is 23.2 Å². The van der Waals surface area contributed by atoms with Gasteiger partial charge in [-0.3, -0.25) is 14.4 Å². The van der Waals surface area contributed by atoms with Crippen molar-refractivity contribution in [3.8, 4) is 0 Å². The SMILES string of the molecule is CC(C)n1nc(C(=O)Nc2cc(NC(=O)Cc3ccc(Cl)cc3)cnc2Cl)c(C(N)=O)c1N. The first-order valence-corrected chi connectivity index (χ1v) is 10.5. The molecule has 6 N–H and O–H groups in total. The van der Waals surface area contributed by atoms with Crippen LogP contribution in [0.25, 0.3) is 0 Å². The van der Waals surface area contributed by atoms with Gasteiger partial charge in [-0.1, -0.05) is 35.3 Å². The molecule has 0 spiro atoms. The molecule has 1 aromatic carbocycles. The number of hydrogen-bond acceptors (Lipinski definition) is 6. The van der Waals surface area contributed by atoms with Gasteiger partial charge in [0.15, 0.2) is 10.8 Å². The summed E-state index contributed by atoms with van der Waals surface area (Å²) in [6.45, 7) is 3.57. The van der Waals surface area contributed by atoms with Crippen molar-refractivity contribution in [2.45, 2.75) is 26.3 Å². The van der Waals surface area contributed by atoms with E-state index in [9.17, 15) is 14.4 Å². The minimum absolute atomic E-state index is 0.0184. The Morgan fingerprint density at radius 1 is 1.12 bits per heavy atom. The second kappa shape index (κ2) is 9.88. The highest BCUT2D eigenvalue weighted by molar-refractivity contribution is 6.33. The minimum Gasteiger partial charge on any atom is -0.383 e. The predicted molar refractivity (Wildman–Crippen MR) is 127 cm³/mol. The van der Waals surface area contributed by atoms with Gasteiger partial charge in [0.05, 0.1) is 24.0 Å². The van der Waals surface area contributed by atoms with E-state index < -0.39 is 11.8 Å². The van der Waals surface area contributed by atoms with Gasteiger partial charge in [0, 0.05) is 11.1 Å². The fraction of sp³-hybridized carbons (Fsp3) is 0.190. The second-order valence-electron chi connectivity index (χ2n) is 7.38. The van der Waals surface area contributed by atoms with E-state index in [0.717, 1.165) is 5.56 Å². The van der Waals surface area contributed by atoms with Crippen molar-refractivity contribution in [2.75, 3.05) is 16.4 Å². The van der Waals surface area contributed by atoms with Crippen LogP contribution in [0.2, 0.25) is 10.2 Å². The molecule has 12 heteroatoms. The van der Waals surface area contributed by atoms with Gasteiger partial charge in [0.25, 0.3) is 11.8 Å². The maximum Gasteiger partial charge on any atom is 0.277 e. The van der Waals surface area contributed by atoms with E-state index >= 15 is 0 Å². The molecule has 0 aliphatic carbocycles. The smallest absolute Gasteiger partial charge is 0.277 e. The van der Waals surface area contributed by atoms with Crippen molar-refractivity contribution >= 4 is 58.1 Å². The average Bonchev–Trinajstić information content (AvgIpc) is 3.10. The molecule has 2 heterocycles. The highest BCUT2D eigenvalue weighted by Gasteiger charge is 2.26. The highest BCUT2D eigenvalue weighted by Crippen LogP contribution is 2.26. The van der Waals surface area contributed by atoms with Crippen molar-refractivity contribution in [1.29, 1.82) is 0 Å². The molecular formula is C21H21Cl2N7O3. The molecule has 3 aromatic rings. The van der Waals surface area contributed by atoms with Gasteiger partial charge < -0.3 is 22.1 Å². The fourth-order valence-electron chi connectivity index (χ4n) is 3.02. The van der Waals surface area contributed by atoms with Gasteiger partial charge in [0.2, 0.25) is 5.91 Å². The van der Waals surface area contributed by atoms with Crippen molar-refractivity contribution in [2.24, 2.45) is 5.73 Å². The van der Waals surface area contributed by atoms with Gasteiger partial charge in [0.1, 0.15) is 11.4 Å². The summed E-state index contributed by atoms with van der Waals surface area (Å²) < 4.78 is 1.32. The van der Waals surface area contributed by atoms with Crippen molar-refractivity contribution < 1.29 is 14.4 Å². The first kappa shape index (κ1) is 24.0. The van der Waals surface area contributed by atoms with Gasteiger partial charge in [-0.05, 0) is 37.6 Å². The molecule has 3 amide bonds. The Morgan fingerprint density at radius 3 is 2.39 bits per heavy atom. The molecule has 2 aromatic heterocycles. The van der Waals surface area contributed by atoms with E-state index in [0.29, 0.717) is 10.7 Å². The molecule has 0 aliphatic rings. The van der Waals surface area contributed by atoms with Crippen molar-refractivity contribution in [3.63, 3.8) is 0 Å². The molecule has 10 nitrogen and oxygen atoms in total. The molecule has 0 bridgehead atoms. The lowest BCUT2D eigenvalue weighted by Crippen LogP contribution is -2.21. The van der Waals surface area contributed by atoms with E-state index in [-0.39, 0.29) is 46.3 Å². The molecular weight excluding hydrogens is 469 g/mol. The van der Waals surface area contributed by atoms with Crippen LogP contribution in [0.4, 0.5) is 17.2 Å². The molecule has 0 radical (unpaired) electrons. The second-order valence-corrected chi connectivity index (χ2v) is 8.17. The topological polar surface area (TPSA) is 158 Å². The fourth-order valence-corrected chi connectivity index (χ4v) is 3.30. The number of aromatic nitrogens is 3. The monoisotopic (exact) mass is 489 g/mol. The number of nitrogens with zero attached hydrogens (tertiary/aromatic N) is 3. The van der Waals surface area contributed by atoms with Gasteiger partial charge >= 0.3 is 0 Å². The number of carbonyl (C=O) groups excluding carboxylic acids is 3. The Morgan fingerprint density at radius 2 is 1.79 bits per heavy atom. The number of anilines is 3. The zero-order valence-electron chi connectivity index (χ0n) is 17.7. The van der Waals surface area contributed by atoms with E-state index in [1.54, 1.807) is 38.1 Å². The first-order chi connectivity index (χ1) is 15.6. The van der Waals surface area contributed by atoms with E-state index in [4.69, 9.17) is 34.7 Å². The Hall–Kier alpha value is -3.63. The average molecular weight is 490 g/mol. The van der Waals surface area contributed by atoms with Crippen LogP contribution in [0.1, 0.15) is 46.3 Å². The summed E-state index contributed by atoms with van der Waals surface area (Å²) in [6, 6.07) is 8.08. The van der Waals surface area contributed by atoms with Crippen LogP contribution in [-0.2, 0) is 11.2 Å². The zero-order chi connectivity index (χ0) is 24.3. The molecule has 172 valence electrons. The van der Waals surface area contributed by atoms with Crippen LogP contribution < -0.4 is 22.1 Å². The number of carbonyl (C=O) groups is 3. The maximum absolute atomic E-state index is 12.8. The van der Waals surface area contributed by atoms with Crippen LogP contribution in [-0.4, -0.2) is 32.5 Å². The summed E-state index contributed by atoms with van der Waals surface area (Å²) in [6.07, 6.45) is 1.45. The largest absolute Gasteiger partial charge is 0.383 e. The third-order valence-corrected chi connectivity index (χ3v) is 5.10. The number of nitrogens with one attached hydrogen (secondary N) is 2. The summed E-state index contributed by atoms with van der Waals surface area (Å²) in [5.74, 6) is -1.98. The summed E-state index contributed by atoms with van der Waals surface area (Å²) in [7, 11) is 0. The highest BCUT2D eigenvalue weighted by atomic mass is 35.5. The number of halogens is 2. The molecule has 3 rings (SSSR count). The lowest BCUT2D eigenvalue weighted by atomic mass is 10.1. The molecule has 0 saturated carbocycles. The maximum atomic E-state index is 12.8. The van der Waals surface area contributed by atoms with Crippen LogP contribution in [0, 0.1) is 0 Å². The third kappa shape index (κ3) is 5.60. The van der Waals surface area contributed by atoms with Gasteiger partial charge in [-0.15, -0.1) is 0 Å². The van der Waals surface area contributed by atoms with E-state index in [1.165, 1.54) is 16.9 Å². The lowest BCUT2D eigenvalue weighted by molar-refractivity contribution is -0.115. The Balaban J connectivity index is 1.79.